The van der Waals surface area contributed by atoms with Gasteiger partial charge in [-0.15, -0.1) is 11.3 Å². The zero-order chi connectivity index (χ0) is 14.2. The van der Waals surface area contributed by atoms with Crippen LogP contribution in [0.2, 0.25) is 0 Å². The molecule has 0 aromatic carbocycles. The van der Waals surface area contributed by atoms with Crippen molar-refractivity contribution in [2.45, 2.75) is 30.3 Å². The fourth-order valence-corrected chi connectivity index (χ4v) is 3.77. The molecule has 2 N–H and O–H groups in total. The maximum absolute atomic E-state index is 12.2. The molecule has 3 rings (SSSR count). The van der Waals surface area contributed by atoms with E-state index in [-0.39, 0.29) is 4.90 Å². The van der Waals surface area contributed by atoms with Crippen molar-refractivity contribution in [2.24, 2.45) is 7.05 Å². The van der Waals surface area contributed by atoms with Crippen LogP contribution in [0.3, 0.4) is 0 Å². The lowest BCUT2D eigenvalue weighted by Crippen LogP contribution is -2.17. The third-order valence-corrected chi connectivity index (χ3v) is 5.32. The second kappa shape index (κ2) is 5.19. The van der Waals surface area contributed by atoms with Crippen LogP contribution in [0.5, 0.6) is 0 Å². The third-order valence-electron chi connectivity index (χ3n) is 3.20. The van der Waals surface area contributed by atoms with E-state index in [4.69, 9.17) is 0 Å². The number of nitrogens with zero attached hydrogens (tertiary/aromatic N) is 2. The molecule has 6 nitrogen and oxygen atoms in total. The molecule has 2 heterocycles. The zero-order valence-electron chi connectivity index (χ0n) is 11.0. The van der Waals surface area contributed by atoms with Gasteiger partial charge in [0.15, 0.2) is 5.13 Å². The number of hydrogen-bond donors (Lipinski definition) is 2. The van der Waals surface area contributed by atoms with Crippen molar-refractivity contribution < 1.29 is 8.42 Å². The van der Waals surface area contributed by atoms with Crippen LogP contribution in [0, 0.1) is 0 Å². The molecule has 20 heavy (non-hydrogen) atoms. The molecule has 1 fully saturated rings. The molecule has 1 aliphatic carbocycles. The van der Waals surface area contributed by atoms with Gasteiger partial charge >= 0.3 is 0 Å². The van der Waals surface area contributed by atoms with Crippen molar-refractivity contribution in [3.05, 3.63) is 29.5 Å². The van der Waals surface area contributed by atoms with E-state index in [2.05, 4.69) is 15.0 Å². The van der Waals surface area contributed by atoms with E-state index in [9.17, 15) is 8.42 Å². The standard InChI is InChI=1S/C12H16N4O2S2/c1-16-8-11(6-10(16)7-14-9-2-3-9)20(17,18)15-12-13-4-5-19-12/h4-6,8-9,14H,2-3,7H2,1H3,(H,13,15). The van der Waals surface area contributed by atoms with Crippen LogP contribution in [-0.2, 0) is 23.6 Å². The van der Waals surface area contributed by atoms with Gasteiger partial charge in [-0.2, -0.15) is 0 Å². The van der Waals surface area contributed by atoms with Gasteiger partial charge in [0.2, 0.25) is 0 Å². The number of nitrogens with one attached hydrogen (secondary N) is 2. The Morgan fingerprint density at radius 1 is 1.50 bits per heavy atom. The summed E-state index contributed by atoms with van der Waals surface area (Å²) in [6.07, 6.45) is 5.61. The molecule has 2 aromatic heterocycles. The lowest BCUT2D eigenvalue weighted by atomic mass is 10.4. The Hall–Kier alpha value is -1.38. The van der Waals surface area contributed by atoms with Gasteiger partial charge in [0, 0.05) is 43.1 Å². The number of aromatic nitrogens is 2. The van der Waals surface area contributed by atoms with Crippen molar-refractivity contribution in [2.75, 3.05) is 4.72 Å². The van der Waals surface area contributed by atoms with Crippen molar-refractivity contribution >= 4 is 26.5 Å². The summed E-state index contributed by atoms with van der Waals surface area (Å²) in [6, 6.07) is 2.30. The summed E-state index contributed by atoms with van der Waals surface area (Å²) < 4.78 is 28.8. The molecule has 2 aromatic rings. The number of thiazole rings is 1. The first kappa shape index (κ1) is 13.6. The van der Waals surface area contributed by atoms with Crippen LogP contribution in [0.4, 0.5) is 5.13 Å². The van der Waals surface area contributed by atoms with Gasteiger partial charge in [-0.25, -0.2) is 13.4 Å². The quantitative estimate of drug-likeness (QED) is 0.848. The normalized spacial score (nSPS) is 15.4. The summed E-state index contributed by atoms with van der Waals surface area (Å²) >= 11 is 1.26. The van der Waals surface area contributed by atoms with E-state index in [1.54, 1.807) is 23.8 Å². The molecule has 0 atom stereocenters. The number of anilines is 1. The lowest BCUT2D eigenvalue weighted by Gasteiger charge is -2.03. The number of rotatable bonds is 6. The highest BCUT2D eigenvalue weighted by atomic mass is 32.2. The van der Waals surface area contributed by atoms with Gasteiger partial charge in [-0.1, -0.05) is 0 Å². The molecule has 1 saturated carbocycles. The van der Waals surface area contributed by atoms with Crippen LogP contribution in [0.15, 0.2) is 28.7 Å². The fourth-order valence-electron chi connectivity index (χ4n) is 1.88. The van der Waals surface area contributed by atoms with Gasteiger partial charge in [0.25, 0.3) is 10.0 Å². The highest BCUT2D eigenvalue weighted by molar-refractivity contribution is 7.93. The molecule has 0 aliphatic heterocycles. The lowest BCUT2D eigenvalue weighted by molar-refractivity contribution is 0.601. The maximum Gasteiger partial charge on any atom is 0.265 e. The minimum absolute atomic E-state index is 0.266. The third kappa shape index (κ3) is 3.02. The topological polar surface area (TPSA) is 76.0 Å². The average molecular weight is 312 g/mol. The highest BCUT2D eigenvalue weighted by Crippen LogP contribution is 2.22. The van der Waals surface area contributed by atoms with Gasteiger partial charge in [0.05, 0.1) is 0 Å². The Morgan fingerprint density at radius 3 is 2.95 bits per heavy atom. The molecule has 0 amide bonds. The summed E-state index contributed by atoms with van der Waals surface area (Å²) in [5.41, 5.74) is 0.955. The van der Waals surface area contributed by atoms with Crippen LogP contribution in [-0.4, -0.2) is 24.0 Å². The van der Waals surface area contributed by atoms with Crippen LogP contribution < -0.4 is 10.0 Å². The van der Waals surface area contributed by atoms with E-state index in [0.717, 1.165) is 5.69 Å². The second-order valence-corrected chi connectivity index (χ2v) is 7.45. The SMILES string of the molecule is Cn1cc(S(=O)(=O)Nc2nccs2)cc1CNC1CC1. The van der Waals surface area contributed by atoms with Crippen LogP contribution in [0.25, 0.3) is 0 Å². The summed E-state index contributed by atoms with van der Waals surface area (Å²) in [5.74, 6) is 0. The van der Waals surface area contributed by atoms with E-state index < -0.39 is 10.0 Å². The molecule has 0 saturated heterocycles. The Labute approximate surface area is 121 Å². The van der Waals surface area contributed by atoms with Crippen LogP contribution in [0.1, 0.15) is 18.5 Å². The Morgan fingerprint density at radius 2 is 2.30 bits per heavy atom. The summed E-state index contributed by atoms with van der Waals surface area (Å²) in [7, 11) is -1.71. The average Bonchev–Trinajstić information content (AvgIpc) is 2.94. The fraction of sp³-hybridized carbons (Fsp3) is 0.417. The first-order valence-electron chi connectivity index (χ1n) is 6.35. The van der Waals surface area contributed by atoms with Gasteiger partial charge < -0.3 is 9.88 Å². The number of hydrogen-bond acceptors (Lipinski definition) is 5. The van der Waals surface area contributed by atoms with Crippen molar-refractivity contribution in [3.63, 3.8) is 0 Å². The van der Waals surface area contributed by atoms with Crippen molar-refractivity contribution in [1.82, 2.24) is 14.9 Å². The van der Waals surface area contributed by atoms with Gasteiger partial charge in [-0.3, -0.25) is 4.72 Å². The number of aryl methyl sites for hydroxylation is 1. The first-order valence-corrected chi connectivity index (χ1v) is 8.72. The molecule has 0 spiro atoms. The van der Waals surface area contributed by atoms with Crippen LogP contribution >= 0.6 is 11.3 Å². The minimum Gasteiger partial charge on any atom is -0.352 e. The maximum atomic E-state index is 12.2. The molecule has 0 bridgehead atoms. The smallest absolute Gasteiger partial charge is 0.265 e. The zero-order valence-corrected chi connectivity index (χ0v) is 12.7. The molecule has 1 aliphatic rings. The van der Waals surface area contributed by atoms with Crippen molar-refractivity contribution in [3.8, 4) is 0 Å². The summed E-state index contributed by atoms with van der Waals surface area (Å²) in [4.78, 5) is 4.20. The summed E-state index contributed by atoms with van der Waals surface area (Å²) in [6.45, 7) is 0.688. The number of sulfonamides is 1. The van der Waals surface area contributed by atoms with Gasteiger partial charge in [0.1, 0.15) is 4.90 Å². The monoisotopic (exact) mass is 312 g/mol. The predicted molar refractivity (Wildman–Crippen MR) is 78.2 cm³/mol. The Kier molecular flexibility index (Phi) is 3.53. The second-order valence-electron chi connectivity index (χ2n) is 4.88. The van der Waals surface area contributed by atoms with Crippen molar-refractivity contribution in [1.29, 1.82) is 0 Å². The van der Waals surface area contributed by atoms with E-state index in [1.165, 1.54) is 24.2 Å². The minimum atomic E-state index is -3.56. The van der Waals surface area contributed by atoms with Gasteiger partial charge in [-0.05, 0) is 18.9 Å². The molecule has 108 valence electrons. The Bertz CT molecular complexity index is 687. The Balaban J connectivity index is 1.76. The molecular weight excluding hydrogens is 296 g/mol. The molecule has 0 unspecified atom stereocenters. The summed E-state index contributed by atoms with van der Waals surface area (Å²) in [5, 5.41) is 5.49. The molecule has 8 heteroatoms. The highest BCUT2D eigenvalue weighted by Gasteiger charge is 2.22. The van der Waals surface area contributed by atoms with E-state index >= 15 is 0 Å². The predicted octanol–water partition coefficient (Wildman–Crippen LogP) is 1.53. The van der Waals surface area contributed by atoms with E-state index in [1.807, 2.05) is 11.6 Å². The first-order chi connectivity index (χ1) is 9.54. The molecule has 0 radical (unpaired) electrons. The molecular formula is C12H16N4O2S2. The largest absolute Gasteiger partial charge is 0.352 e. The van der Waals surface area contributed by atoms with E-state index in [0.29, 0.717) is 17.7 Å².